The van der Waals surface area contributed by atoms with Gasteiger partial charge in [0.1, 0.15) is 0 Å². The van der Waals surface area contributed by atoms with Gasteiger partial charge >= 0.3 is 0 Å². The Labute approximate surface area is 149 Å². The van der Waals surface area contributed by atoms with Gasteiger partial charge in [0, 0.05) is 5.75 Å². The lowest BCUT2D eigenvalue weighted by atomic mass is 9.95. The van der Waals surface area contributed by atoms with Crippen LogP contribution in [0.4, 0.5) is 0 Å². The van der Waals surface area contributed by atoms with Gasteiger partial charge in [0.25, 0.3) is 0 Å². The molecule has 0 spiro atoms. The number of benzene rings is 1. The maximum absolute atomic E-state index is 13.3. The molecule has 0 radical (unpaired) electrons. The lowest BCUT2D eigenvalue weighted by molar-refractivity contribution is -0.121. The Kier molecular flexibility index (Phi) is 4.31. The van der Waals surface area contributed by atoms with E-state index in [2.05, 4.69) is 10.2 Å². The summed E-state index contributed by atoms with van der Waals surface area (Å²) in [6.45, 7) is 2.65. The molecule has 1 aromatic carbocycles. The summed E-state index contributed by atoms with van der Waals surface area (Å²) in [6.07, 6.45) is 2.33. The molecule has 0 saturated carbocycles. The predicted octanol–water partition coefficient (Wildman–Crippen LogP) is 3.30. The molecule has 7 heteroatoms. The Balaban J connectivity index is 1.73. The minimum absolute atomic E-state index is 0.0582. The first-order valence-corrected chi connectivity index (χ1v) is 9.27. The molecule has 1 aliphatic rings. The molecular formula is C18H18N4O2S. The number of carbonyl (C=O) groups is 1. The summed E-state index contributed by atoms with van der Waals surface area (Å²) in [5, 5.41) is 10.9. The maximum Gasteiger partial charge on any atom is 0.249 e. The fourth-order valence-electron chi connectivity index (χ4n) is 3.08. The Bertz CT molecular complexity index is 861. The summed E-state index contributed by atoms with van der Waals surface area (Å²) in [5.74, 6) is 1.83. The molecule has 0 aliphatic carbocycles. The van der Waals surface area contributed by atoms with Crippen molar-refractivity contribution in [2.75, 3.05) is 17.3 Å². The molecule has 0 bridgehead atoms. The number of furan rings is 1. The van der Waals surface area contributed by atoms with Crippen molar-refractivity contribution < 1.29 is 9.21 Å². The van der Waals surface area contributed by atoms with Gasteiger partial charge in [-0.3, -0.25) is 4.79 Å². The molecule has 128 valence electrons. The van der Waals surface area contributed by atoms with E-state index in [9.17, 15) is 4.79 Å². The lowest BCUT2D eigenvalue weighted by Crippen LogP contribution is -2.47. The molecule has 0 N–H and O–H groups in total. The highest BCUT2D eigenvalue weighted by molar-refractivity contribution is 7.99. The Morgan fingerprint density at radius 1 is 1.24 bits per heavy atom. The van der Waals surface area contributed by atoms with Crippen molar-refractivity contribution in [3.8, 4) is 11.6 Å². The zero-order chi connectivity index (χ0) is 17.2. The molecule has 1 amide bonds. The molecule has 0 fully saturated rings. The quantitative estimate of drug-likeness (QED) is 0.719. The zero-order valence-corrected chi connectivity index (χ0v) is 14.6. The van der Waals surface area contributed by atoms with Gasteiger partial charge in [0.2, 0.25) is 16.9 Å². The number of hydrogen-bond acceptors (Lipinski definition) is 5. The Morgan fingerprint density at radius 2 is 2.08 bits per heavy atom. The minimum Gasteiger partial charge on any atom is -0.461 e. The van der Waals surface area contributed by atoms with E-state index in [1.165, 1.54) is 0 Å². The average Bonchev–Trinajstić information content (AvgIpc) is 3.32. The third-order valence-corrected chi connectivity index (χ3v) is 5.19. The second-order valence-corrected chi connectivity index (χ2v) is 6.84. The van der Waals surface area contributed by atoms with Gasteiger partial charge in [-0.2, -0.15) is 0 Å². The van der Waals surface area contributed by atoms with Crippen LogP contribution in [0.15, 0.2) is 58.3 Å². The van der Waals surface area contributed by atoms with Crippen molar-refractivity contribution in [3.05, 3.63) is 54.3 Å². The van der Waals surface area contributed by atoms with Gasteiger partial charge in [-0.1, -0.05) is 49.0 Å². The number of carbonyl (C=O) groups excluding carboxylic acids is 1. The van der Waals surface area contributed by atoms with Crippen LogP contribution in [0.1, 0.15) is 24.8 Å². The molecule has 4 rings (SSSR count). The molecule has 25 heavy (non-hydrogen) atoms. The first kappa shape index (κ1) is 16.0. The summed E-state index contributed by atoms with van der Waals surface area (Å²) < 4.78 is 7.27. The van der Waals surface area contributed by atoms with E-state index in [0.717, 1.165) is 17.7 Å². The van der Waals surface area contributed by atoms with Crippen LogP contribution in [-0.2, 0) is 4.79 Å². The lowest BCUT2D eigenvalue weighted by Gasteiger charge is -2.31. The van der Waals surface area contributed by atoms with E-state index in [1.54, 1.807) is 33.8 Å². The van der Waals surface area contributed by atoms with Gasteiger partial charge < -0.3 is 4.42 Å². The molecule has 1 aliphatic heterocycles. The highest BCUT2D eigenvalue weighted by Gasteiger charge is 2.32. The van der Waals surface area contributed by atoms with Crippen LogP contribution in [0, 0.1) is 0 Å². The largest absolute Gasteiger partial charge is 0.461 e. The van der Waals surface area contributed by atoms with Crippen LogP contribution < -0.4 is 5.01 Å². The number of amides is 1. The van der Waals surface area contributed by atoms with Crippen LogP contribution in [0.2, 0.25) is 0 Å². The smallest absolute Gasteiger partial charge is 0.249 e. The highest BCUT2D eigenvalue weighted by Crippen LogP contribution is 2.30. The van der Waals surface area contributed by atoms with Crippen LogP contribution in [0.5, 0.6) is 0 Å². The van der Waals surface area contributed by atoms with E-state index in [1.807, 2.05) is 43.3 Å². The average molecular weight is 354 g/mol. The number of thioether (sulfide) groups is 1. The monoisotopic (exact) mass is 354 g/mol. The third-order valence-electron chi connectivity index (χ3n) is 4.29. The second kappa shape index (κ2) is 6.76. The Morgan fingerprint density at radius 3 is 2.80 bits per heavy atom. The molecule has 2 aromatic heterocycles. The fourth-order valence-corrected chi connectivity index (χ4v) is 3.94. The first-order chi connectivity index (χ1) is 12.3. The predicted molar refractivity (Wildman–Crippen MR) is 96.0 cm³/mol. The first-order valence-electron chi connectivity index (χ1n) is 8.28. The van der Waals surface area contributed by atoms with Crippen LogP contribution in [-0.4, -0.2) is 33.1 Å². The van der Waals surface area contributed by atoms with Gasteiger partial charge in [0.15, 0.2) is 5.76 Å². The van der Waals surface area contributed by atoms with Crippen molar-refractivity contribution in [1.29, 1.82) is 0 Å². The number of fused-ring (bicyclic) bond motifs is 1. The maximum atomic E-state index is 13.3. The molecule has 0 unspecified atom stereocenters. The third kappa shape index (κ3) is 2.84. The summed E-state index contributed by atoms with van der Waals surface area (Å²) in [4.78, 5) is 13.3. The number of rotatable bonds is 4. The van der Waals surface area contributed by atoms with Gasteiger partial charge in [0.05, 0.1) is 18.7 Å². The summed E-state index contributed by atoms with van der Waals surface area (Å²) in [5.41, 5.74) is 1.03. The van der Waals surface area contributed by atoms with E-state index >= 15 is 0 Å². The van der Waals surface area contributed by atoms with E-state index < -0.39 is 0 Å². The highest BCUT2D eigenvalue weighted by atomic mass is 32.2. The van der Waals surface area contributed by atoms with Crippen molar-refractivity contribution >= 4 is 17.7 Å². The molecule has 6 nitrogen and oxygen atoms in total. The number of aromatic nitrogens is 3. The SMILES string of the molecule is CC[C@@H](C(=O)N1CCSc2nnc(-c3ccco3)n21)c1ccccc1. The van der Waals surface area contributed by atoms with Gasteiger partial charge in [-0.25, -0.2) is 9.69 Å². The van der Waals surface area contributed by atoms with Crippen LogP contribution in [0.25, 0.3) is 11.6 Å². The van der Waals surface area contributed by atoms with E-state index in [0.29, 0.717) is 23.3 Å². The van der Waals surface area contributed by atoms with Crippen LogP contribution >= 0.6 is 11.8 Å². The minimum atomic E-state index is -0.191. The van der Waals surface area contributed by atoms with Crippen molar-refractivity contribution in [3.63, 3.8) is 0 Å². The molecule has 1 atom stereocenters. The van der Waals surface area contributed by atoms with Gasteiger partial charge in [-0.05, 0) is 24.1 Å². The topological polar surface area (TPSA) is 64.2 Å². The summed E-state index contributed by atoms with van der Waals surface area (Å²) >= 11 is 1.60. The van der Waals surface area contributed by atoms with Crippen molar-refractivity contribution in [2.45, 2.75) is 24.4 Å². The van der Waals surface area contributed by atoms with E-state index in [-0.39, 0.29) is 11.8 Å². The standard InChI is InChI=1S/C18H18N4O2S/c1-2-14(13-7-4-3-5-8-13)17(23)21-10-12-25-18-20-19-16(22(18)21)15-9-6-11-24-15/h3-9,11,14H,2,10,12H2,1H3/t14-/m1/s1. The summed E-state index contributed by atoms with van der Waals surface area (Å²) in [7, 11) is 0. The molecular weight excluding hydrogens is 336 g/mol. The fraction of sp³-hybridized carbons (Fsp3) is 0.278. The molecule has 3 heterocycles. The molecule has 3 aromatic rings. The van der Waals surface area contributed by atoms with E-state index in [4.69, 9.17) is 4.42 Å². The summed E-state index contributed by atoms with van der Waals surface area (Å²) in [6, 6.07) is 13.5. The number of hydrogen-bond donors (Lipinski definition) is 0. The zero-order valence-electron chi connectivity index (χ0n) is 13.8. The number of nitrogens with zero attached hydrogens (tertiary/aromatic N) is 4. The Hall–Kier alpha value is -2.54. The van der Waals surface area contributed by atoms with Crippen molar-refractivity contribution in [1.82, 2.24) is 14.9 Å². The van der Waals surface area contributed by atoms with Crippen molar-refractivity contribution in [2.24, 2.45) is 0 Å². The molecule has 0 saturated heterocycles. The second-order valence-electron chi connectivity index (χ2n) is 5.78. The van der Waals surface area contributed by atoms with Crippen LogP contribution in [0.3, 0.4) is 0 Å². The normalized spacial score (nSPS) is 15.0. The van der Waals surface area contributed by atoms with Gasteiger partial charge in [-0.15, -0.1) is 10.2 Å².